The summed E-state index contributed by atoms with van der Waals surface area (Å²) < 4.78 is 23.7. The lowest BCUT2D eigenvalue weighted by atomic mass is 10.0. The van der Waals surface area contributed by atoms with Crippen LogP contribution >= 0.6 is 15.9 Å². The quantitative estimate of drug-likeness (QED) is 0.645. The number of carbonyl (C=O) groups is 2. The van der Waals surface area contributed by atoms with Crippen molar-refractivity contribution >= 4 is 28.0 Å². The van der Waals surface area contributed by atoms with E-state index in [-0.39, 0.29) is 17.7 Å². The van der Waals surface area contributed by atoms with Crippen LogP contribution in [-0.4, -0.2) is 24.8 Å². The third-order valence-corrected chi connectivity index (χ3v) is 3.25. The molecule has 0 saturated heterocycles. The fourth-order valence-electron chi connectivity index (χ4n) is 1.70. The van der Waals surface area contributed by atoms with Crippen LogP contribution in [-0.2, 0) is 21.3 Å². The maximum Gasteiger partial charge on any atom is 0.407 e. The van der Waals surface area contributed by atoms with E-state index < -0.39 is 23.5 Å². The van der Waals surface area contributed by atoms with Crippen LogP contribution in [0.2, 0.25) is 0 Å². The van der Waals surface area contributed by atoms with Crippen LogP contribution in [0.1, 0.15) is 42.3 Å². The zero-order chi connectivity index (χ0) is 16.9. The van der Waals surface area contributed by atoms with Gasteiger partial charge in [-0.05, 0) is 38.5 Å². The van der Waals surface area contributed by atoms with E-state index in [1.165, 1.54) is 13.2 Å². The van der Waals surface area contributed by atoms with Gasteiger partial charge in [-0.15, -0.1) is 0 Å². The molecule has 1 rings (SSSR count). The summed E-state index contributed by atoms with van der Waals surface area (Å²) in [4.78, 5) is 23.2. The first-order chi connectivity index (χ1) is 10.2. The van der Waals surface area contributed by atoms with Crippen LogP contribution < -0.4 is 5.32 Å². The summed E-state index contributed by atoms with van der Waals surface area (Å²) in [5.41, 5.74) is 0.360. The third-order valence-electron chi connectivity index (χ3n) is 2.64. The summed E-state index contributed by atoms with van der Waals surface area (Å²) in [6, 6.07) is 2.61. The molecule has 0 aliphatic heterocycles. The zero-order valence-corrected chi connectivity index (χ0v) is 14.5. The smallest absolute Gasteiger partial charge is 0.407 e. The summed E-state index contributed by atoms with van der Waals surface area (Å²) in [5.74, 6) is -1.21. The highest BCUT2D eigenvalue weighted by Gasteiger charge is 2.18. The van der Waals surface area contributed by atoms with Crippen LogP contribution in [0, 0.1) is 5.82 Å². The minimum Gasteiger partial charge on any atom is -0.465 e. The van der Waals surface area contributed by atoms with Gasteiger partial charge < -0.3 is 14.8 Å². The highest BCUT2D eigenvalue weighted by Crippen LogP contribution is 2.20. The molecule has 5 nitrogen and oxygen atoms in total. The average molecular weight is 376 g/mol. The number of amides is 1. The molecule has 0 aliphatic rings. The molecule has 0 atom stereocenters. The maximum absolute atomic E-state index is 14.0. The number of hydrogen-bond donors (Lipinski definition) is 1. The van der Waals surface area contributed by atoms with Gasteiger partial charge in [-0.3, -0.25) is 0 Å². The van der Waals surface area contributed by atoms with Crippen molar-refractivity contribution in [3.05, 3.63) is 34.6 Å². The molecule has 0 radical (unpaired) electrons. The lowest BCUT2D eigenvalue weighted by molar-refractivity contribution is 0.0521. The fraction of sp³-hybridized carbons (Fsp3) is 0.467. The van der Waals surface area contributed by atoms with Gasteiger partial charge in [-0.25, -0.2) is 14.0 Å². The Bertz CT molecular complexity index is 569. The SMILES string of the molecule is COC(=O)c1cc(F)c(CNC(=O)OC(C)(C)C)cc1CBr. The number of nitrogens with one attached hydrogen (secondary N) is 1. The molecule has 1 aromatic carbocycles. The van der Waals surface area contributed by atoms with Gasteiger partial charge >= 0.3 is 12.1 Å². The zero-order valence-electron chi connectivity index (χ0n) is 13.0. The van der Waals surface area contributed by atoms with Crippen molar-refractivity contribution in [2.75, 3.05) is 7.11 Å². The highest BCUT2D eigenvalue weighted by atomic mass is 79.9. The van der Waals surface area contributed by atoms with E-state index in [0.29, 0.717) is 10.9 Å². The number of benzene rings is 1. The first kappa shape index (κ1) is 18.4. The largest absolute Gasteiger partial charge is 0.465 e. The Labute approximate surface area is 137 Å². The molecule has 0 spiro atoms. The molecular formula is C15H19BrFNO4. The topological polar surface area (TPSA) is 64.6 Å². The molecule has 0 aliphatic carbocycles. The van der Waals surface area contributed by atoms with E-state index in [9.17, 15) is 14.0 Å². The van der Waals surface area contributed by atoms with Gasteiger partial charge in [0.1, 0.15) is 11.4 Å². The lowest BCUT2D eigenvalue weighted by Gasteiger charge is -2.20. The van der Waals surface area contributed by atoms with Gasteiger partial charge in [0, 0.05) is 17.4 Å². The molecule has 22 heavy (non-hydrogen) atoms. The molecule has 122 valence electrons. The maximum atomic E-state index is 14.0. The second-order valence-corrected chi connectivity index (χ2v) is 6.14. The lowest BCUT2D eigenvalue weighted by Crippen LogP contribution is -2.32. The van der Waals surface area contributed by atoms with Crippen LogP contribution in [0.3, 0.4) is 0 Å². The predicted octanol–water partition coefficient (Wildman–Crippen LogP) is 3.53. The van der Waals surface area contributed by atoms with E-state index >= 15 is 0 Å². The Morgan fingerprint density at radius 1 is 1.27 bits per heavy atom. The number of alkyl carbamates (subject to hydrolysis) is 1. The number of halogens is 2. The van der Waals surface area contributed by atoms with Gasteiger partial charge in [0.25, 0.3) is 0 Å². The fourth-order valence-corrected chi connectivity index (χ4v) is 2.16. The van der Waals surface area contributed by atoms with E-state index in [1.54, 1.807) is 20.8 Å². The molecule has 0 fully saturated rings. The summed E-state index contributed by atoms with van der Waals surface area (Å²) in [7, 11) is 1.23. The Morgan fingerprint density at radius 3 is 2.41 bits per heavy atom. The molecule has 1 amide bonds. The molecule has 7 heteroatoms. The number of carbonyl (C=O) groups excluding carboxylic acids is 2. The summed E-state index contributed by atoms with van der Waals surface area (Å²) in [6.45, 7) is 5.17. The number of rotatable bonds is 4. The molecule has 1 aromatic rings. The third kappa shape index (κ3) is 5.29. The first-order valence-electron chi connectivity index (χ1n) is 6.60. The highest BCUT2D eigenvalue weighted by molar-refractivity contribution is 9.08. The number of alkyl halides is 1. The van der Waals surface area contributed by atoms with E-state index in [1.807, 2.05) is 0 Å². The monoisotopic (exact) mass is 375 g/mol. The van der Waals surface area contributed by atoms with Crippen molar-refractivity contribution in [3.8, 4) is 0 Å². The van der Waals surface area contributed by atoms with Gasteiger partial charge in [-0.1, -0.05) is 15.9 Å². The van der Waals surface area contributed by atoms with E-state index in [0.717, 1.165) is 6.07 Å². The summed E-state index contributed by atoms with van der Waals surface area (Å²) >= 11 is 3.24. The Kier molecular flexibility index (Phi) is 6.34. The number of hydrogen-bond acceptors (Lipinski definition) is 4. The number of methoxy groups -OCH3 is 1. The van der Waals surface area contributed by atoms with E-state index in [2.05, 4.69) is 26.0 Å². The Balaban J connectivity index is 2.88. The minimum absolute atomic E-state index is 0.0395. The summed E-state index contributed by atoms with van der Waals surface area (Å²) in [5, 5.41) is 2.84. The second kappa shape index (κ2) is 7.58. The van der Waals surface area contributed by atoms with Gasteiger partial charge in [-0.2, -0.15) is 0 Å². The Hall–Kier alpha value is -1.63. The van der Waals surface area contributed by atoms with Crippen LogP contribution in [0.15, 0.2) is 12.1 Å². The molecule has 0 aromatic heterocycles. The normalized spacial score (nSPS) is 11.0. The van der Waals surface area contributed by atoms with Crippen LogP contribution in [0.25, 0.3) is 0 Å². The molecule has 0 heterocycles. The molecule has 1 N–H and O–H groups in total. The first-order valence-corrected chi connectivity index (χ1v) is 7.72. The van der Waals surface area contributed by atoms with E-state index in [4.69, 9.17) is 4.74 Å². The van der Waals surface area contributed by atoms with Crippen molar-refractivity contribution in [2.45, 2.75) is 38.2 Å². The van der Waals surface area contributed by atoms with Crippen LogP contribution in [0.5, 0.6) is 0 Å². The number of esters is 1. The second-order valence-electron chi connectivity index (χ2n) is 5.58. The van der Waals surface area contributed by atoms with Crippen molar-refractivity contribution in [1.82, 2.24) is 5.32 Å². The molecule has 0 unspecified atom stereocenters. The molecular weight excluding hydrogens is 357 g/mol. The average Bonchev–Trinajstić information content (AvgIpc) is 2.42. The summed E-state index contributed by atoms with van der Waals surface area (Å²) in [6.07, 6.45) is -0.635. The Morgan fingerprint density at radius 2 is 1.91 bits per heavy atom. The van der Waals surface area contributed by atoms with Crippen molar-refractivity contribution < 1.29 is 23.5 Å². The van der Waals surface area contributed by atoms with Crippen LogP contribution in [0.4, 0.5) is 9.18 Å². The molecule has 0 saturated carbocycles. The van der Waals surface area contributed by atoms with Crippen molar-refractivity contribution in [3.63, 3.8) is 0 Å². The standard InChI is InChI=1S/C15H19BrFNO4/c1-15(2,3)22-14(20)18-8-10-5-9(7-16)11(6-12(10)17)13(19)21-4/h5-6H,7-8H2,1-4H3,(H,18,20). The minimum atomic E-state index is -0.635. The van der Waals surface area contributed by atoms with Gasteiger partial charge in [0.2, 0.25) is 0 Å². The van der Waals surface area contributed by atoms with Crippen molar-refractivity contribution in [1.29, 1.82) is 0 Å². The number of ether oxygens (including phenoxy) is 2. The predicted molar refractivity (Wildman–Crippen MR) is 83.4 cm³/mol. The van der Waals surface area contributed by atoms with Gasteiger partial charge in [0.05, 0.1) is 12.7 Å². The molecule has 0 bridgehead atoms. The van der Waals surface area contributed by atoms with Crippen molar-refractivity contribution in [2.24, 2.45) is 0 Å². The van der Waals surface area contributed by atoms with Gasteiger partial charge in [0.15, 0.2) is 0 Å².